The molecule has 0 rings (SSSR count). The highest BCUT2D eigenvalue weighted by molar-refractivity contribution is 5.73. The van der Waals surface area contributed by atoms with E-state index >= 15 is 0 Å². The Bertz CT molecular complexity index is 633. The first-order valence-corrected chi connectivity index (χ1v) is 21.2. The van der Waals surface area contributed by atoms with E-state index in [0.717, 1.165) is 39.1 Å². The summed E-state index contributed by atoms with van der Waals surface area (Å²) in [5.74, 6) is -0.241. The zero-order valence-electron chi connectivity index (χ0n) is 32.5. The van der Waals surface area contributed by atoms with Gasteiger partial charge in [-0.05, 0) is 64.2 Å². The number of hydrogen-bond acceptors (Lipinski definition) is 4. The van der Waals surface area contributed by atoms with Gasteiger partial charge in [-0.2, -0.15) is 0 Å². The van der Waals surface area contributed by atoms with Gasteiger partial charge in [0.25, 0.3) is 0 Å². The van der Waals surface area contributed by atoms with E-state index in [4.69, 9.17) is 15.2 Å². The van der Waals surface area contributed by atoms with Gasteiger partial charge in [0, 0.05) is 39.3 Å². The van der Waals surface area contributed by atoms with Crippen LogP contribution in [0.2, 0.25) is 0 Å². The van der Waals surface area contributed by atoms with Crippen LogP contribution in [-0.4, -0.2) is 56.9 Å². The van der Waals surface area contributed by atoms with Crippen LogP contribution in [0.25, 0.3) is 0 Å². The van der Waals surface area contributed by atoms with Gasteiger partial charge in [0.05, 0.1) is 13.2 Å². The van der Waals surface area contributed by atoms with Crippen molar-refractivity contribution in [2.45, 2.75) is 200 Å². The van der Waals surface area contributed by atoms with Crippen molar-refractivity contribution in [1.29, 1.82) is 0 Å². The van der Waals surface area contributed by atoms with E-state index in [2.05, 4.69) is 43.1 Å². The van der Waals surface area contributed by atoms with Crippen LogP contribution in [0.3, 0.4) is 0 Å². The first-order chi connectivity index (χ1) is 23.7. The van der Waals surface area contributed by atoms with Crippen LogP contribution in [0.5, 0.6) is 0 Å². The Hall–Kier alpha value is -1.17. The molecule has 48 heavy (non-hydrogen) atoms. The number of carbonyl (C=O) groups is 1. The van der Waals surface area contributed by atoms with Crippen molar-refractivity contribution in [1.82, 2.24) is 4.90 Å². The summed E-state index contributed by atoms with van der Waals surface area (Å²) in [5, 5.41) is 0. The molecule has 0 saturated heterocycles. The SMILES string of the molecule is CCCCCCCCC=CCCCCCCCCOCCN(CCOCCCCCCCCC=CCCCCCCCC)CCC(N)=O. The Kier molecular flexibility index (Phi) is 41.0. The van der Waals surface area contributed by atoms with Gasteiger partial charge in [0.2, 0.25) is 5.91 Å². The molecular formula is C43H84N2O3. The molecule has 0 saturated carbocycles. The molecule has 0 aromatic heterocycles. The minimum atomic E-state index is -0.241. The lowest BCUT2D eigenvalue weighted by atomic mass is 10.1. The number of hydrogen-bond donors (Lipinski definition) is 1. The van der Waals surface area contributed by atoms with E-state index < -0.39 is 0 Å². The van der Waals surface area contributed by atoms with Crippen molar-refractivity contribution in [3.8, 4) is 0 Å². The van der Waals surface area contributed by atoms with E-state index in [9.17, 15) is 4.79 Å². The lowest BCUT2D eigenvalue weighted by molar-refractivity contribution is -0.118. The van der Waals surface area contributed by atoms with Gasteiger partial charge in [0.15, 0.2) is 0 Å². The smallest absolute Gasteiger partial charge is 0.218 e. The number of primary amides is 1. The maximum Gasteiger partial charge on any atom is 0.218 e. The summed E-state index contributed by atoms with van der Waals surface area (Å²) < 4.78 is 11.8. The molecule has 0 aromatic rings. The van der Waals surface area contributed by atoms with Crippen LogP contribution in [0, 0.1) is 0 Å². The standard InChI is InChI=1S/C43H84N2O3/c1-3-5-7-9-11-13-15-17-19-21-23-25-27-29-31-33-39-47-41-37-45(36-35-43(44)46)38-42-48-40-34-32-30-28-26-24-22-20-18-16-14-12-10-8-6-4-2/h17-20H,3-16,21-42H2,1-2H3,(H2,44,46). The molecule has 5 nitrogen and oxygen atoms in total. The monoisotopic (exact) mass is 677 g/mol. The first-order valence-electron chi connectivity index (χ1n) is 21.2. The van der Waals surface area contributed by atoms with Crippen LogP contribution < -0.4 is 5.73 Å². The van der Waals surface area contributed by atoms with E-state index in [1.807, 2.05) is 0 Å². The quantitative estimate of drug-likeness (QED) is 0.0517. The molecule has 0 atom stereocenters. The molecule has 0 radical (unpaired) electrons. The van der Waals surface area contributed by atoms with Crippen LogP contribution >= 0.6 is 0 Å². The molecule has 0 aliphatic carbocycles. The van der Waals surface area contributed by atoms with Crippen LogP contribution in [0.4, 0.5) is 0 Å². The molecule has 0 aromatic carbocycles. The topological polar surface area (TPSA) is 64.8 Å². The number of nitrogens with zero attached hydrogens (tertiary/aromatic N) is 1. The molecule has 0 fully saturated rings. The Morgan fingerprint density at radius 2 is 0.750 bits per heavy atom. The predicted molar refractivity (Wildman–Crippen MR) is 211 cm³/mol. The summed E-state index contributed by atoms with van der Waals surface area (Å²) >= 11 is 0. The van der Waals surface area contributed by atoms with Gasteiger partial charge in [-0.3, -0.25) is 9.69 Å². The summed E-state index contributed by atoms with van der Waals surface area (Å²) in [6.45, 7) is 9.98. The number of rotatable bonds is 41. The summed E-state index contributed by atoms with van der Waals surface area (Å²) in [5.41, 5.74) is 5.41. The molecule has 5 heteroatoms. The summed E-state index contributed by atoms with van der Waals surface area (Å²) in [6.07, 6.45) is 47.1. The summed E-state index contributed by atoms with van der Waals surface area (Å²) in [6, 6.07) is 0. The fourth-order valence-corrected chi connectivity index (χ4v) is 6.10. The van der Waals surface area contributed by atoms with E-state index in [1.54, 1.807) is 0 Å². The molecule has 0 unspecified atom stereocenters. The zero-order valence-corrected chi connectivity index (χ0v) is 32.5. The maximum atomic E-state index is 11.3. The first kappa shape index (κ1) is 46.8. The third kappa shape index (κ3) is 41.0. The van der Waals surface area contributed by atoms with Gasteiger partial charge in [0.1, 0.15) is 0 Å². The molecule has 0 heterocycles. The summed E-state index contributed by atoms with van der Waals surface area (Å²) in [4.78, 5) is 13.6. The van der Waals surface area contributed by atoms with Crippen molar-refractivity contribution in [3.63, 3.8) is 0 Å². The number of carbonyl (C=O) groups excluding carboxylic acids is 1. The molecule has 0 bridgehead atoms. The summed E-state index contributed by atoms with van der Waals surface area (Å²) in [7, 11) is 0. The van der Waals surface area contributed by atoms with Crippen LogP contribution in [0.1, 0.15) is 200 Å². The third-order valence-electron chi connectivity index (χ3n) is 9.38. The zero-order chi connectivity index (χ0) is 34.9. The number of nitrogens with two attached hydrogens (primary N) is 1. The molecule has 0 aliphatic rings. The molecule has 1 amide bonds. The fraction of sp³-hybridized carbons (Fsp3) is 0.884. The lowest BCUT2D eigenvalue weighted by Gasteiger charge is -2.21. The second-order valence-electron chi connectivity index (χ2n) is 14.2. The van der Waals surface area contributed by atoms with Crippen molar-refractivity contribution >= 4 is 5.91 Å². The van der Waals surface area contributed by atoms with Gasteiger partial charge < -0.3 is 15.2 Å². The minimum absolute atomic E-state index is 0.241. The second-order valence-corrected chi connectivity index (χ2v) is 14.2. The van der Waals surface area contributed by atoms with Gasteiger partial charge in [-0.1, -0.05) is 154 Å². The van der Waals surface area contributed by atoms with Crippen molar-refractivity contribution in [2.75, 3.05) is 46.1 Å². The van der Waals surface area contributed by atoms with Gasteiger partial charge in [-0.15, -0.1) is 0 Å². The molecule has 0 spiro atoms. The van der Waals surface area contributed by atoms with E-state index in [1.165, 1.54) is 167 Å². The highest BCUT2D eigenvalue weighted by Crippen LogP contribution is 2.12. The minimum Gasteiger partial charge on any atom is -0.380 e. The number of allylic oxidation sites excluding steroid dienone is 4. The fourth-order valence-electron chi connectivity index (χ4n) is 6.10. The van der Waals surface area contributed by atoms with Crippen molar-refractivity contribution < 1.29 is 14.3 Å². The number of unbranched alkanes of at least 4 members (excludes halogenated alkanes) is 24. The predicted octanol–water partition coefficient (Wildman–Crippen LogP) is 12.3. The van der Waals surface area contributed by atoms with Gasteiger partial charge in [-0.25, -0.2) is 0 Å². The van der Waals surface area contributed by atoms with Crippen LogP contribution in [0.15, 0.2) is 24.3 Å². The maximum absolute atomic E-state index is 11.3. The highest BCUT2D eigenvalue weighted by atomic mass is 16.5. The van der Waals surface area contributed by atoms with Gasteiger partial charge >= 0.3 is 0 Å². The van der Waals surface area contributed by atoms with Crippen molar-refractivity contribution in [2.24, 2.45) is 5.73 Å². The Labute approximate surface area is 300 Å². The normalized spacial score (nSPS) is 12.0. The Morgan fingerprint density at radius 3 is 1.08 bits per heavy atom. The van der Waals surface area contributed by atoms with Crippen LogP contribution in [-0.2, 0) is 14.3 Å². The number of ether oxygens (including phenoxy) is 2. The molecule has 0 aliphatic heterocycles. The Balaban J connectivity index is 3.58. The highest BCUT2D eigenvalue weighted by Gasteiger charge is 2.07. The second kappa shape index (κ2) is 42.0. The molecule has 284 valence electrons. The molecular weight excluding hydrogens is 592 g/mol. The van der Waals surface area contributed by atoms with E-state index in [0.29, 0.717) is 26.2 Å². The average Bonchev–Trinajstić information content (AvgIpc) is 3.08. The largest absolute Gasteiger partial charge is 0.380 e. The lowest BCUT2D eigenvalue weighted by Crippen LogP contribution is -2.34. The third-order valence-corrected chi connectivity index (χ3v) is 9.38. The number of amides is 1. The molecule has 2 N–H and O–H groups in total. The average molecular weight is 677 g/mol. The Morgan fingerprint density at radius 1 is 0.438 bits per heavy atom. The van der Waals surface area contributed by atoms with E-state index in [-0.39, 0.29) is 5.91 Å². The van der Waals surface area contributed by atoms with Crippen molar-refractivity contribution in [3.05, 3.63) is 24.3 Å².